The van der Waals surface area contributed by atoms with Crippen LogP contribution in [0.5, 0.6) is 0 Å². The smallest absolute Gasteiger partial charge is 0.321 e. The van der Waals surface area contributed by atoms with Crippen LogP contribution in [0.2, 0.25) is 0 Å². The summed E-state index contributed by atoms with van der Waals surface area (Å²) >= 11 is 0. The van der Waals surface area contributed by atoms with Crippen LogP contribution in [0.15, 0.2) is 47.1 Å². The lowest BCUT2D eigenvalue weighted by molar-refractivity contribution is -0.144. The molecule has 2 fully saturated rings. The fourth-order valence-corrected chi connectivity index (χ4v) is 6.73. The summed E-state index contributed by atoms with van der Waals surface area (Å²) in [5.74, 6) is 0.161. The lowest BCUT2D eigenvalue weighted by Gasteiger charge is -2.35. The van der Waals surface area contributed by atoms with Crippen molar-refractivity contribution >= 4 is 17.0 Å². The van der Waals surface area contributed by atoms with E-state index in [1.54, 1.807) is 12.1 Å². The third-order valence-electron chi connectivity index (χ3n) is 8.65. The Morgan fingerprint density at radius 3 is 2.66 bits per heavy atom. The Morgan fingerprint density at radius 1 is 1.13 bits per heavy atom. The van der Waals surface area contributed by atoms with Gasteiger partial charge in [-0.1, -0.05) is 44.5 Å². The Balaban J connectivity index is 1.16. The molecule has 1 N–H and O–H groups in total. The fourth-order valence-electron chi connectivity index (χ4n) is 6.73. The first-order valence-electron chi connectivity index (χ1n) is 14.0. The van der Waals surface area contributed by atoms with E-state index in [1.807, 2.05) is 32.0 Å². The van der Waals surface area contributed by atoms with Crippen LogP contribution in [0.25, 0.3) is 11.0 Å². The van der Waals surface area contributed by atoms with Crippen LogP contribution in [0.4, 0.5) is 4.39 Å². The van der Waals surface area contributed by atoms with Crippen LogP contribution < -0.4 is 0 Å². The molecule has 5 rings (SSSR count). The molecule has 0 unspecified atom stereocenters. The van der Waals surface area contributed by atoms with E-state index in [1.165, 1.54) is 30.9 Å². The zero-order chi connectivity index (χ0) is 26.6. The molecule has 0 radical (unpaired) electrons. The summed E-state index contributed by atoms with van der Waals surface area (Å²) in [6.07, 6.45) is 5.68. The molecule has 38 heavy (non-hydrogen) atoms. The molecule has 0 aliphatic carbocycles. The summed E-state index contributed by atoms with van der Waals surface area (Å²) in [5, 5.41) is 17.9. The van der Waals surface area contributed by atoms with Crippen molar-refractivity contribution in [3.8, 4) is 0 Å². The Bertz CT molecular complexity index is 1220. The standard InChI is InChI=1S/C30H39FN4O3/c1-20(2)29(30(36)37)35-18-24(26(19-35)23-9-4-10-25(31)16-23)17-34-14-12-21(13-15-34)6-3-7-22-8-5-11-27-28(22)33-38-32-27/h4-5,8-11,16,20-21,24,26,29H,3,6-7,12-15,17-19H2,1-2H3,(H,36,37)/t24-,26+,29+/m0/s1. The number of likely N-dealkylation sites (tertiary alicyclic amines) is 2. The number of hydrogen-bond donors (Lipinski definition) is 1. The monoisotopic (exact) mass is 522 g/mol. The molecule has 2 aliphatic heterocycles. The maximum Gasteiger partial charge on any atom is 0.321 e. The molecule has 0 saturated carbocycles. The predicted molar refractivity (Wildman–Crippen MR) is 144 cm³/mol. The van der Waals surface area contributed by atoms with Gasteiger partial charge in [-0.15, -0.1) is 0 Å². The van der Waals surface area contributed by atoms with Crippen LogP contribution in [-0.4, -0.2) is 70.0 Å². The second kappa shape index (κ2) is 11.9. The van der Waals surface area contributed by atoms with E-state index in [9.17, 15) is 14.3 Å². The summed E-state index contributed by atoms with van der Waals surface area (Å²) in [6, 6.07) is 12.4. The second-order valence-electron chi connectivity index (χ2n) is 11.6. The number of carboxylic acid groups (broad SMARTS) is 1. The molecule has 0 spiro atoms. The van der Waals surface area contributed by atoms with Crippen molar-refractivity contribution in [3.05, 3.63) is 59.4 Å². The Kier molecular flexibility index (Phi) is 8.39. The Hall–Kier alpha value is -2.84. The topological polar surface area (TPSA) is 82.7 Å². The molecule has 0 bridgehead atoms. The average molecular weight is 523 g/mol. The van der Waals surface area contributed by atoms with Crippen LogP contribution in [0.1, 0.15) is 56.6 Å². The van der Waals surface area contributed by atoms with Gasteiger partial charge in [0.25, 0.3) is 0 Å². The SMILES string of the molecule is CC(C)[C@H](C(=O)O)N1C[C@H](CN2CCC(CCCc3cccc4nonc34)CC2)[C@@H](c2cccc(F)c2)C1. The van der Waals surface area contributed by atoms with Gasteiger partial charge < -0.3 is 10.0 Å². The normalized spacial score (nSPS) is 22.4. The number of halogens is 1. The molecule has 0 amide bonds. The number of aromatic nitrogens is 2. The van der Waals surface area contributed by atoms with Crippen molar-refractivity contribution in [1.82, 2.24) is 20.1 Å². The third kappa shape index (κ3) is 6.07. The van der Waals surface area contributed by atoms with Gasteiger partial charge in [0.05, 0.1) is 0 Å². The first-order chi connectivity index (χ1) is 18.4. The first kappa shape index (κ1) is 26.8. The van der Waals surface area contributed by atoms with Crippen molar-refractivity contribution in [1.29, 1.82) is 0 Å². The fraction of sp³-hybridized carbons (Fsp3) is 0.567. The van der Waals surface area contributed by atoms with Crippen LogP contribution in [0, 0.1) is 23.6 Å². The summed E-state index contributed by atoms with van der Waals surface area (Å²) in [5.41, 5.74) is 3.89. The predicted octanol–water partition coefficient (Wildman–Crippen LogP) is 5.22. The van der Waals surface area contributed by atoms with E-state index in [4.69, 9.17) is 4.63 Å². The number of aliphatic carboxylic acids is 1. The lowest BCUT2D eigenvalue weighted by Crippen LogP contribution is -2.44. The molecular weight excluding hydrogens is 483 g/mol. The highest BCUT2D eigenvalue weighted by Gasteiger charge is 2.41. The molecule has 2 saturated heterocycles. The molecule has 7 nitrogen and oxygen atoms in total. The van der Waals surface area contributed by atoms with Gasteiger partial charge in [0, 0.05) is 25.6 Å². The van der Waals surface area contributed by atoms with E-state index in [0.717, 1.165) is 61.5 Å². The van der Waals surface area contributed by atoms with Crippen molar-refractivity contribution in [2.75, 3.05) is 32.7 Å². The largest absolute Gasteiger partial charge is 0.480 e. The van der Waals surface area contributed by atoms with Gasteiger partial charge >= 0.3 is 5.97 Å². The summed E-state index contributed by atoms with van der Waals surface area (Å²) in [4.78, 5) is 16.7. The van der Waals surface area contributed by atoms with Crippen molar-refractivity contribution in [2.45, 2.75) is 57.9 Å². The van der Waals surface area contributed by atoms with E-state index >= 15 is 0 Å². The van der Waals surface area contributed by atoms with Crippen LogP contribution >= 0.6 is 0 Å². The molecule has 3 aromatic rings. The van der Waals surface area contributed by atoms with E-state index < -0.39 is 12.0 Å². The number of piperidine rings is 1. The number of aryl methyl sites for hydroxylation is 1. The maximum atomic E-state index is 14.1. The van der Waals surface area contributed by atoms with Gasteiger partial charge in [-0.2, -0.15) is 0 Å². The highest BCUT2D eigenvalue weighted by atomic mass is 19.1. The maximum absolute atomic E-state index is 14.1. The van der Waals surface area contributed by atoms with Gasteiger partial charge in [0.2, 0.25) is 0 Å². The molecule has 2 aliphatic rings. The van der Waals surface area contributed by atoms with Crippen LogP contribution in [-0.2, 0) is 11.2 Å². The summed E-state index contributed by atoms with van der Waals surface area (Å²) < 4.78 is 19.0. The zero-order valence-electron chi connectivity index (χ0n) is 22.4. The molecule has 3 heterocycles. The summed E-state index contributed by atoms with van der Waals surface area (Å²) in [7, 11) is 0. The quantitative estimate of drug-likeness (QED) is 0.391. The number of fused-ring (bicyclic) bond motifs is 1. The zero-order valence-corrected chi connectivity index (χ0v) is 22.4. The molecule has 2 aromatic carbocycles. The van der Waals surface area contributed by atoms with Crippen LogP contribution in [0.3, 0.4) is 0 Å². The van der Waals surface area contributed by atoms with Gasteiger partial charge in [0.1, 0.15) is 22.9 Å². The highest BCUT2D eigenvalue weighted by Crippen LogP contribution is 2.37. The Labute approximate surface area is 224 Å². The van der Waals surface area contributed by atoms with Crippen molar-refractivity contribution < 1.29 is 18.9 Å². The lowest BCUT2D eigenvalue weighted by atomic mass is 9.86. The Morgan fingerprint density at radius 2 is 1.92 bits per heavy atom. The van der Waals surface area contributed by atoms with Crippen molar-refractivity contribution in [2.24, 2.45) is 17.8 Å². The highest BCUT2D eigenvalue weighted by molar-refractivity contribution is 5.76. The number of hydrogen-bond acceptors (Lipinski definition) is 6. The number of nitrogens with zero attached hydrogens (tertiary/aromatic N) is 4. The molecule has 8 heteroatoms. The molecule has 204 valence electrons. The molecular formula is C30H39FN4O3. The van der Waals surface area contributed by atoms with Gasteiger partial charge in [-0.3, -0.25) is 9.69 Å². The first-order valence-corrected chi connectivity index (χ1v) is 14.0. The summed E-state index contributed by atoms with van der Waals surface area (Å²) in [6.45, 7) is 8.38. The van der Waals surface area contributed by atoms with E-state index in [-0.39, 0.29) is 23.6 Å². The van der Waals surface area contributed by atoms with Crippen molar-refractivity contribution in [3.63, 3.8) is 0 Å². The number of carbonyl (C=O) groups is 1. The van der Waals surface area contributed by atoms with Gasteiger partial charge in [-0.05, 0) is 96.2 Å². The molecule has 1 aromatic heterocycles. The minimum atomic E-state index is -0.768. The minimum Gasteiger partial charge on any atom is -0.480 e. The molecule has 3 atom stereocenters. The van der Waals surface area contributed by atoms with Gasteiger partial charge in [-0.25, -0.2) is 9.02 Å². The van der Waals surface area contributed by atoms with E-state index in [2.05, 4.69) is 26.2 Å². The van der Waals surface area contributed by atoms with E-state index in [0.29, 0.717) is 6.54 Å². The third-order valence-corrected chi connectivity index (χ3v) is 8.65. The number of rotatable bonds is 10. The average Bonchev–Trinajstić information content (AvgIpc) is 3.52. The number of carboxylic acids is 1. The number of benzene rings is 2. The van der Waals surface area contributed by atoms with Gasteiger partial charge in [0.15, 0.2) is 0 Å². The minimum absolute atomic E-state index is 0.0164. The second-order valence-corrected chi connectivity index (χ2v) is 11.6.